The van der Waals surface area contributed by atoms with E-state index in [1.165, 1.54) is 19.1 Å². The van der Waals surface area contributed by atoms with Gasteiger partial charge in [-0.15, -0.1) is 11.3 Å². The number of thiazole rings is 1. The number of nitrogens with one attached hydrogen (secondary N) is 1. The SMILES string of the molecule is CCS(=O)(=O)c1ccc(OCc2csc(C3CC[N+](C)(C(=O)OC(C)(C)C)CC3)n2)c(NC(C)=O)c1. The van der Waals surface area contributed by atoms with E-state index in [2.05, 4.69) is 5.32 Å². The highest BCUT2D eigenvalue weighted by atomic mass is 32.2. The number of anilines is 1. The minimum atomic E-state index is -3.42. The molecule has 11 heteroatoms. The van der Waals surface area contributed by atoms with Crippen molar-refractivity contribution in [2.75, 3.05) is 31.2 Å². The van der Waals surface area contributed by atoms with Crippen LogP contribution in [0.15, 0.2) is 28.5 Å². The Labute approximate surface area is 217 Å². The number of amides is 2. The fraction of sp³-hybridized carbons (Fsp3) is 0.560. The van der Waals surface area contributed by atoms with Crippen molar-refractivity contribution in [2.24, 2.45) is 0 Å². The van der Waals surface area contributed by atoms with Gasteiger partial charge in [0.25, 0.3) is 0 Å². The van der Waals surface area contributed by atoms with Crippen LogP contribution in [0.25, 0.3) is 0 Å². The fourth-order valence-electron chi connectivity index (χ4n) is 3.95. The Balaban J connectivity index is 1.65. The number of nitrogens with zero attached hydrogens (tertiary/aromatic N) is 2. The van der Waals surface area contributed by atoms with Crippen molar-refractivity contribution in [3.05, 3.63) is 34.3 Å². The van der Waals surface area contributed by atoms with E-state index in [9.17, 15) is 18.0 Å². The molecule has 0 aliphatic carbocycles. The van der Waals surface area contributed by atoms with E-state index in [1.54, 1.807) is 24.3 Å². The number of hydrogen-bond acceptors (Lipinski definition) is 8. The molecular weight excluding hydrogens is 502 g/mol. The molecule has 1 aliphatic heterocycles. The average molecular weight is 539 g/mol. The number of ether oxygens (including phenoxy) is 2. The monoisotopic (exact) mass is 538 g/mol. The summed E-state index contributed by atoms with van der Waals surface area (Å²) in [4.78, 5) is 29.2. The van der Waals surface area contributed by atoms with Gasteiger partial charge in [-0.25, -0.2) is 17.9 Å². The number of likely N-dealkylation sites (tertiary alicyclic amines) is 1. The number of carbonyl (C=O) groups is 2. The molecule has 0 radical (unpaired) electrons. The van der Waals surface area contributed by atoms with E-state index in [0.29, 0.717) is 24.5 Å². The lowest BCUT2D eigenvalue weighted by molar-refractivity contribution is -0.844. The maximum atomic E-state index is 12.7. The van der Waals surface area contributed by atoms with Crippen molar-refractivity contribution >= 4 is 38.9 Å². The first-order valence-corrected chi connectivity index (χ1v) is 14.6. The highest BCUT2D eigenvalue weighted by Gasteiger charge is 2.41. The smallest absolute Gasteiger partial charge is 0.485 e. The normalized spacial score (nSPS) is 20.6. The summed E-state index contributed by atoms with van der Waals surface area (Å²) in [5.41, 5.74) is 0.548. The summed E-state index contributed by atoms with van der Waals surface area (Å²) in [6.45, 7) is 10.1. The predicted molar refractivity (Wildman–Crippen MR) is 139 cm³/mol. The Morgan fingerprint density at radius 3 is 2.47 bits per heavy atom. The molecule has 2 amide bonds. The number of hydrogen-bond donors (Lipinski definition) is 1. The molecule has 198 valence electrons. The third kappa shape index (κ3) is 7.04. The highest BCUT2D eigenvalue weighted by molar-refractivity contribution is 7.91. The Bertz CT molecular complexity index is 1210. The van der Waals surface area contributed by atoms with Crippen LogP contribution < -0.4 is 10.1 Å². The van der Waals surface area contributed by atoms with Gasteiger partial charge in [-0.3, -0.25) is 4.79 Å². The molecule has 1 aliphatic rings. The summed E-state index contributed by atoms with van der Waals surface area (Å²) in [6, 6.07) is 4.45. The van der Waals surface area contributed by atoms with Crippen LogP contribution in [0.3, 0.4) is 0 Å². The first-order chi connectivity index (χ1) is 16.7. The first-order valence-electron chi connectivity index (χ1n) is 12.0. The molecule has 1 aromatic carbocycles. The minimum Gasteiger partial charge on any atom is -0.485 e. The van der Waals surface area contributed by atoms with Crippen LogP contribution >= 0.6 is 11.3 Å². The van der Waals surface area contributed by atoms with Crippen molar-refractivity contribution < 1.29 is 32.0 Å². The second-order valence-corrected chi connectivity index (χ2v) is 13.5. The van der Waals surface area contributed by atoms with Gasteiger partial charge in [0.2, 0.25) is 5.91 Å². The summed E-state index contributed by atoms with van der Waals surface area (Å²) in [5.74, 6) is 0.283. The molecule has 0 spiro atoms. The maximum absolute atomic E-state index is 12.7. The van der Waals surface area contributed by atoms with Crippen LogP contribution in [-0.4, -0.2) is 61.4 Å². The molecule has 3 rings (SSSR count). The van der Waals surface area contributed by atoms with E-state index in [4.69, 9.17) is 14.5 Å². The van der Waals surface area contributed by atoms with Gasteiger partial charge in [-0.1, -0.05) is 6.92 Å². The van der Waals surface area contributed by atoms with Crippen molar-refractivity contribution in [3.8, 4) is 5.75 Å². The molecular formula is C25H36N3O6S2+. The highest BCUT2D eigenvalue weighted by Crippen LogP contribution is 2.34. The molecule has 1 saturated heterocycles. The van der Waals surface area contributed by atoms with Crippen molar-refractivity contribution in [2.45, 2.75) is 70.5 Å². The van der Waals surface area contributed by atoms with Gasteiger partial charge in [0.15, 0.2) is 9.84 Å². The number of aromatic nitrogens is 1. The lowest BCUT2D eigenvalue weighted by atomic mass is 9.96. The van der Waals surface area contributed by atoms with E-state index in [-0.39, 0.29) is 39.7 Å². The molecule has 0 unspecified atom stereocenters. The van der Waals surface area contributed by atoms with E-state index in [0.717, 1.165) is 23.5 Å². The van der Waals surface area contributed by atoms with Gasteiger partial charge in [-0.05, 0) is 39.0 Å². The van der Waals surface area contributed by atoms with E-state index < -0.39 is 15.4 Å². The molecule has 1 fully saturated rings. The van der Waals surface area contributed by atoms with Gasteiger partial charge in [0.05, 0.1) is 47.2 Å². The van der Waals surface area contributed by atoms with Crippen LogP contribution in [0, 0.1) is 0 Å². The second-order valence-electron chi connectivity index (χ2n) is 10.3. The van der Waals surface area contributed by atoms with Crippen LogP contribution in [-0.2, 0) is 26.0 Å². The zero-order chi connectivity index (χ0) is 26.7. The molecule has 1 N–H and O–H groups in total. The van der Waals surface area contributed by atoms with Gasteiger partial charge in [-0.2, -0.15) is 4.79 Å². The molecule has 0 atom stereocenters. The quantitative estimate of drug-likeness (QED) is 0.507. The summed E-state index contributed by atoms with van der Waals surface area (Å²) in [6.07, 6.45) is 1.48. The lowest BCUT2D eigenvalue weighted by Gasteiger charge is -2.37. The summed E-state index contributed by atoms with van der Waals surface area (Å²) >= 11 is 1.57. The third-order valence-electron chi connectivity index (χ3n) is 6.07. The number of benzene rings is 1. The molecule has 1 aromatic heterocycles. The number of quaternary nitrogens is 1. The molecule has 0 saturated carbocycles. The topological polar surface area (TPSA) is 112 Å². The van der Waals surface area contributed by atoms with Crippen LogP contribution in [0.5, 0.6) is 5.75 Å². The van der Waals surface area contributed by atoms with Crippen molar-refractivity contribution in [1.29, 1.82) is 0 Å². The summed E-state index contributed by atoms with van der Waals surface area (Å²) in [5, 5.41) is 5.60. The number of piperidine rings is 1. The Kier molecular flexibility index (Phi) is 8.47. The second kappa shape index (κ2) is 10.9. The predicted octanol–water partition coefficient (Wildman–Crippen LogP) is 4.73. The maximum Gasteiger partial charge on any atom is 0.516 e. The van der Waals surface area contributed by atoms with Crippen LogP contribution in [0.2, 0.25) is 0 Å². The number of rotatable bonds is 7. The zero-order valence-corrected chi connectivity index (χ0v) is 23.4. The first kappa shape index (κ1) is 28.1. The van der Waals surface area contributed by atoms with Gasteiger partial charge < -0.3 is 14.8 Å². The van der Waals surface area contributed by atoms with Crippen molar-refractivity contribution in [3.63, 3.8) is 0 Å². The Hall–Kier alpha value is -2.50. The lowest BCUT2D eigenvalue weighted by Crippen LogP contribution is -2.55. The standard InChI is InChI=1S/C25H35N3O6S2/c1-7-36(31,32)20-8-9-22(21(14-20)26-17(2)29)33-15-19-16-35-23(27-19)18-10-12-28(6,13-11-18)24(30)34-25(3,4)5/h8-9,14,16,18H,7,10-13,15H2,1-6H3/p+1. The van der Waals surface area contributed by atoms with Crippen LogP contribution in [0.1, 0.15) is 64.1 Å². The number of sulfone groups is 1. The Morgan fingerprint density at radius 2 is 1.89 bits per heavy atom. The summed E-state index contributed by atoms with van der Waals surface area (Å²) < 4.78 is 36.2. The van der Waals surface area contributed by atoms with Gasteiger partial charge in [0, 0.05) is 31.1 Å². The molecule has 0 bridgehead atoms. The van der Waals surface area contributed by atoms with Gasteiger partial charge in [0.1, 0.15) is 18.0 Å². The zero-order valence-electron chi connectivity index (χ0n) is 21.8. The summed E-state index contributed by atoms with van der Waals surface area (Å²) in [7, 11) is -1.49. The minimum absolute atomic E-state index is 0.0364. The Morgan fingerprint density at radius 1 is 1.22 bits per heavy atom. The molecule has 36 heavy (non-hydrogen) atoms. The van der Waals surface area contributed by atoms with E-state index >= 15 is 0 Å². The van der Waals surface area contributed by atoms with E-state index in [1.807, 2.05) is 33.2 Å². The largest absolute Gasteiger partial charge is 0.516 e. The molecule has 2 aromatic rings. The third-order valence-corrected chi connectivity index (χ3v) is 8.86. The van der Waals surface area contributed by atoms with Gasteiger partial charge >= 0.3 is 6.09 Å². The van der Waals surface area contributed by atoms with Crippen LogP contribution in [0.4, 0.5) is 10.5 Å². The molecule has 9 nitrogen and oxygen atoms in total. The average Bonchev–Trinajstić information content (AvgIpc) is 3.26. The molecule has 2 heterocycles. The fourth-order valence-corrected chi connectivity index (χ4v) is 5.83. The number of carbonyl (C=O) groups excluding carboxylic acids is 2. The van der Waals surface area contributed by atoms with Crippen molar-refractivity contribution in [1.82, 2.24) is 4.98 Å².